The van der Waals surface area contributed by atoms with Crippen LogP contribution in [-0.2, 0) is 22.0 Å². The van der Waals surface area contributed by atoms with E-state index in [-0.39, 0.29) is 10.4 Å². The SMILES string of the molecule is CCCCc1cc(C2=NC(C)(c3ccc(Cl)cc3)CS2)ccc1S(=O)(=O)NOc1ccccc1. The average Bonchev–Trinajstić information content (AvgIpc) is 3.25. The molecule has 1 aliphatic rings. The average molecular weight is 515 g/mol. The van der Waals surface area contributed by atoms with E-state index in [1.165, 1.54) is 0 Å². The second-order valence-electron chi connectivity index (χ2n) is 8.41. The third-order valence-electron chi connectivity index (χ3n) is 5.71. The van der Waals surface area contributed by atoms with E-state index in [0.29, 0.717) is 17.2 Å². The van der Waals surface area contributed by atoms with Crippen LogP contribution in [0.4, 0.5) is 0 Å². The molecule has 0 saturated heterocycles. The van der Waals surface area contributed by atoms with Crippen LogP contribution in [0, 0.1) is 0 Å². The highest BCUT2D eigenvalue weighted by atomic mass is 35.5. The third kappa shape index (κ3) is 5.66. The summed E-state index contributed by atoms with van der Waals surface area (Å²) in [5.41, 5.74) is 2.43. The first-order valence-corrected chi connectivity index (χ1v) is 14.0. The Labute approximate surface area is 210 Å². The molecule has 178 valence electrons. The van der Waals surface area contributed by atoms with Crippen molar-refractivity contribution >= 4 is 38.4 Å². The summed E-state index contributed by atoms with van der Waals surface area (Å²) in [4.78, 5) is 12.8. The summed E-state index contributed by atoms with van der Waals surface area (Å²) in [5.74, 6) is 1.23. The van der Waals surface area contributed by atoms with Gasteiger partial charge in [0.25, 0.3) is 10.0 Å². The summed E-state index contributed by atoms with van der Waals surface area (Å²) >= 11 is 7.73. The van der Waals surface area contributed by atoms with Crippen LogP contribution in [0.15, 0.2) is 82.7 Å². The van der Waals surface area contributed by atoms with Crippen molar-refractivity contribution in [3.63, 3.8) is 0 Å². The molecule has 4 rings (SSSR count). The number of sulfonamides is 1. The van der Waals surface area contributed by atoms with Crippen LogP contribution in [-0.4, -0.2) is 19.2 Å². The zero-order valence-electron chi connectivity index (χ0n) is 19.1. The minimum Gasteiger partial charge on any atom is -0.394 e. The standard InChI is InChI=1S/C26H27ClN2O3S2/c1-3-4-8-19-17-20(25-28-26(2,18-33-25)21-12-14-22(27)15-13-21)11-16-24(19)34(30,31)29-32-23-9-6-5-7-10-23/h5-7,9-17,29H,3-4,8,18H2,1-2H3. The number of aryl methyl sites for hydroxylation is 1. The van der Waals surface area contributed by atoms with Gasteiger partial charge >= 0.3 is 0 Å². The molecule has 34 heavy (non-hydrogen) atoms. The van der Waals surface area contributed by atoms with Gasteiger partial charge in [0, 0.05) is 16.3 Å². The summed E-state index contributed by atoms with van der Waals surface area (Å²) < 4.78 is 26.1. The highest BCUT2D eigenvalue weighted by Crippen LogP contribution is 2.39. The van der Waals surface area contributed by atoms with Gasteiger partial charge < -0.3 is 4.84 Å². The van der Waals surface area contributed by atoms with Gasteiger partial charge in [-0.15, -0.1) is 11.8 Å². The molecule has 1 heterocycles. The Morgan fingerprint density at radius 1 is 1.09 bits per heavy atom. The zero-order valence-corrected chi connectivity index (χ0v) is 21.5. The molecule has 5 nitrogen and oxygen atoms in total. The maximum absolute atomic E-state index is 13.1. The lowest BCUT2D eigenvalue weighted by molar-refractivity contribution is 0.269. The number of thioether (sulfide) groups is 1. The van der Waals surface area contributed by atoms with Gasteiger partial charge in [-0.3, -0.25) is 4.99 Å². The van der Waals surface area contributed by atoms with Crippen molar-refractivity contribution in [3.8, 4) is 5.75 Å². The Morgan fingerprint density at radius 3 is 2.53 bits per heavy atom. The predicted molar refractivity (Wildman–Crippen MR) is 140 cm³/mol. The van der Waals surface area contributed by atoms with E-state index < -0.39 is 10.0 Å². The maximum atomic E-state index is 13.1. The Hall–Kier alpha value is -2.32. The van der Waals surface area contributed by atoms with Crippen molar-refractivity contribution in [1.82, 2.24) is 4.89 Å². The van der Waals surface area contributed by atoms with Crippen molar-refractivity contribution < 1.29 is 13.3 Å². The second kappa shape index (κ2) is 10.5. The van der Waals surface area contributed by atoms with Gasteiger partial charge in [0.2, 0.25) is 0 Å². The fraction of sp³-hybridized carbons (Fsp3) is 0.269. The van der Waals surface area contributed by atoms with Crippen molar-refractivity contribution in [2.45, 2.75) is 43.5 Å². The third-order valence-corrected chi connectivity index (χ3v) is 8.55. The molecule has 0 radical (unpaired) electrons. The number of hydrogen-bond acceptors (Lipinski definition) is 5. The van der Waals surface area contributed by atoms with Gasteiger partial charge in [-0.05, 0) is 72.2 Å². The molecular formula is C26H27ClN2O3S2. The summed E-state index contributed by atoms with van der Waals surface area (Å²) in [7, 11) is -3.86. The van der Waals surface area contributed by atoms with Gasteiger partial charge in [0.15, 0.2) is 0 Å². The minimum atomic E-state index is -3.86. The van der Waals surface area contributed by atoms with E-state index in [9.17, 15) is 8.42 Å². The van der Waals surface area contributed by atoms with E-state index >= 15 is 0 Å². The van der Waals surface area contributed by atoms with Gasteiger partial charge in [-0.2, -0.15) is 0 Å². The number of hydrogen-bond donors (Lipinski definition) is 1. The summed E-state index contributed by atoms with van der Waals surface area (Å²) in [6.45, 7) is 4.20. The Morgan fingerprint density at radius 2 is 1.82 bits per heavy atom. The molecule has 3 aromatic rings. The van der Waals surface area contributed by atoms with Gasteiger partial charge in [-0.25, -0.2) is 8.42 Å². The van der Waals surface area contributed by atoms with Crippen LogP contribution in [0.3, 0.4) is 0 Å². The van der Waals surface area contributed by atoms with Crippen LogP contribution in [0.5, 0.6) is 5.75 Å². The first kappa shape index (κ1) is 24.8. The molecule has 0 aliphatic carbocycles. The molecular weight excluding hydrogens is 488 g/mol. The van der Waals surface area contributed by atoms with Gasteiger partial charge in [-0.1, -0.05) is 61.3 Å². The molecule has 0 aromatic heterocycles. The molecule has 1 N–H and O–H groups in total. The number of benzene rings is 3. The van der Waals surface area contributed by atoms with E-state index in [1.54, 1.807) is 42.1 Å². The molecule has 0 spiro atoms. The van der Waals surface area contributed by atoms with Crippen molar-refractivity contribution in [1.29, 1.82) is 0 Å². The number of aliphatic imine (C=N–C) groups is 1. The maximum Gasteiger partial charge on any atom is 0.271 e. The number of nitrogens with zero attached hydrogens (tertiary/aromatic N) is 1. The van der Waals surface area contributed by atoms with E-state index in [0.717, 1.165) is 40.3 Å². The van der Waals surface area contributed by atoms with E-state index in [1.807, 2.05) is 42.5 Å². The van der Waals surface area contributed by atoms with E-state index in [2.05, 4.69) is 18.7 Å². The zero-order chi connectivity index (χ0) is 24.2. The van der Waals surface area contributed by atoms with Crippen molar-refractivity contribution in [2.24, 2.45) is 4.99 Å². The summed E-state index contributed by atoms with van der Waals surface area (Å²) in [5, 5.41) is 1.61. The van der Waals surface area contributed by atoms with Crippen LogP contribution < -0.4 is 9.72 Å². The lowest BCUT2D eigenvalue weighted by Gasteiger charge is -2.20. The Balaban J connectivity index is 1.62. The lowest BCUT2D eigenvalue weighted by Crippen LogP contribution is -2.28. The quantitative estimate of drug-likeness (QED) is 0.337. The summed E-state index contributed by atoms with van der Waals surface area (Å²) in [6.07, 6.45) is 2.49. The highest BCUT2D eigenvalue weighted by Gasteiger charge is 2.33. The normalized spacial score (nSPS) is 18.0. The van der Waals surface area contributed by atoms with Crippen LogP contribution >= 0.6 is 23.4 Å². The molecule has 1 atom stereocenters. The second-order valence-corrected chi connectivity index (χ2v) is 11.4. The molecule has 3 aromatic carbocycles. The fourth-order valence-electron chi connectivity index (χ4n) is 3.78. The lowest BCUT2D eigenvalue weighted by atomic mass is 9.95. The minimum absolute atomic E-state index is 0.227. The Bertz CT molecular complexity index is 1280. The van der Waals surface area contributed by atoms with Crippen LogP contribution in [0.2, 0.25) is 5.02 Å². The number of nitrogens with one attached hydrogen (secondary N) is 1. The first-order chi connectivity index (χ1) is 16.3. The number of para-hydroxylation sites is 1. The van der Waals surface area contributed by atoms with Gasteiger partial charge in [0.1, 0.15) is 5.75 Å². The molecule has 0 amide bonds. The first-order valence-electron chi connectivity index (χ1n) is 11.2. The highest BCUT2D eigenvalue weighted by molar-refractivity contribution is 8.14. The van der Waals surface area contributed by atoms with E-state index in [4.69, 9.17) is 21.4 Å². The molecule has 1 aliphatic heterocycles. The fourth-order valence-corrected chi connectivity index (χ4v) is 6.16. The molecule has 1 unspecified atom stereocenters. The monoisotopic (exact) mass is 514 g/mol. The predicted octanol–water partition coefficient (Wildman–Crippen LogP) is 6.36. The molecule has 0 bridgehead atoms. The largest absolute Gasteiger partial charge is 0.394 e. The topological polar surface area (TPSA) is 67.8 Å². The van der Waals surface area contributed by atoms with Crippen molar-refractivity contribution in [2.75, 3.05) is 5.75 Å². The smallest absolute Gasteiger partial charge is 0.271 e. The molecule has 0 fully saturated rings. The van der Waals surface area contributed by atoms with Crippen LogP contribution in [0.25, 0.3) is 0 Å². The summed E-state index contributed by atoms with van der Waals surface area (Å²) in [6, 6.07) is 22.0. The van der Waals surface area contributed by atoms with Crippen molar-refractivity contribution in [3.05, 3.63) is 94.5 Å². The molecule has 0 saturated carbocycles. The number of rotatable bonds is 9. The number of unbranched alkanes of at least 4 members (excludes halogenated alkanes) is 1. The number of halogens is 1. The van der Waals surface area contributed by atoms with Gasteiger partial charge in [0.05, 0.1) is 15.5 Å². The Kier molecular flexibility index (Phi) is 7.67. The van der Waals surface area contributed by atoms with Crippen LogP contribution in [0.1, 0.15) is 43.4 Å². The molecule has 8 heteroatoms.